The van der Waals surface area contributed by atoms with Crippen LogP contribution >= 0.6 is 0 Å². The minimum Gasteiger partial charge on any atom is -0.403 e. The van der Waals surface area contributed by atoms with Crippen LogP contribution in [-0.2, 0) is 12.6 Å². The molecule has 0 saturated heterocycles. The molecule has 0 aliphatic carbocycles. The summed E-state index contributed by atoms with van der Waals surface area (Å²) in [6.07, 6.45) is 2.52. The number of nitrogens with one attached hydrogen (secondary N) is 1. The van der Waals surface area contributed by atoms with Crippen molar-refractivity contribution >= 4 is 11.5 Å². The number of imidazole rings is 1. The smallest absolute Gasteiger partial charge is 0.403 e. The lowest BCUT2D eigenvalue weighted by molar-refractivity contribution is -0.136. The highest BCUT2D eigenvalue weighted by Gasteiger charge is 2.38. The molecule has 0 unspecified atom stereocenters. The summed E-state index contributed by atoms with van der Waals surface area (Å²) in [6.45, 7) is 2.37. The average molecular weight is 466 g/mol. The van der Waals surface area contributed by atoms with Crippen molar-refractivity contribution in [1.82, 2.24) is 34.8 Å². The highest BCUT2D eigenvalue weighted by molar-refractivity contribution is 5.60. The quantitative estimate of drug-likeness (QED) is 0.429. The maximum absolute atomic E-state index is 13.6. The van der Waals surface area contributed by atoms with E-state index in [4.69, 9.17) is 4.42 Å². The second-order valence-corrected chi connectivity index (χ2v) is 8.01. The molecule has 1 N–H and O–H groups in total. The van der Waals surface area contributed by atoms with Gasteiger partial charge in [0.2, 0.25) is 5.89 Å². The third kappa shape index (κ3) is 3.21. The van der Waals surface area contributed by atoms with E-state index >= 15 is 0 Å². The van der Waals surface area contributed by atoms with Gasteiger partial charge in [-0.15, -0.1) is 5.10 Å². The minimum atomic E-state index is -4.51. The molecule has 12 heteroatoms. The van der Waals surface area contributed by atoms with E-state index in [1.807, 2.05) is 11.8 Å². The number of aromatic nitrogens is 7. The molecule has 6 heterocycles. The highest BCUT2D eigenvalue weighted by atomic mass is 19.4. The van der Waals surface area contributed by atoms with Crippen molar-refractivity contribution in [3.05, 3.63) is 77.4 Å². The van der Waals surface area contributed by atoms with Crippen LogP contribution in [0.1, 0.15) is 34.3 Å². The predicted octanol–water partition coefficient (Wildman–Crippen LogP) is 3.98. The SMILES string of the molecule is Cc1cnccc1-c1nnc(N2CCc3[nH]cnc3[C@H]2c2cc3c(C(F)(F)F)cccn3n2)o1. The zero-order valence-corrected chi connectivity index (χ0v) is 17.8. The Morgan fingerprint density at radius 3 is 2.91 bits per heavy atom. The van der Waals surface area contributed by atoms with E-state index in [9.17, 15) is 13.2 Å². The number of pyridine rings is 2. The van der Waals surface area contributed by atoms with Gasteiger partial charge < -0.3 is 14.3 Å². The van der Waals surface area contributed by atoms with Crippen LogP contribution in [0.2, 0.25) is 0 Å². The number of hydrogen-bond donors (Lipinski definition) is 1. The molecule has 0 amide bonds. The molecular formula is C22H17F3N8O. The summed E-state index contributed by atoms with van der Waals surface area (Å²) in [5.41, 5.74) is 2.78. The molecule has 0 radical (unpaired) electrons. The van der Waals surface area contributed by atoms with Crippen LogP contribution in [0.25, 0.3) is 17.0 Å². The van der Waals surface area contributed by atoms with Gasteiger partial charge in [-0.1, -0.05) is 5.10 Å². The summed E-state index contributed by atoms with van der Waals surface area (Å²) >= 11 is 0. The first-order chi connectivity index (χ1) is 16.4. The Hall–Kier alpha value is -4.22. The summed E-state index contributed by atoms with van der Waals surface area (Å²) in [7, 11) is 0. The number of aromatic amines is 1. The van der Waals surface area contributed by atoms with E-state index in [1.165, 1.54) is 22.8 Å². The van der Waals surface area contributed by atoms with Gasteiger partial charge in [0.1, 0.15) is 6.04 Å². The third-order valence-electron chi connectivity index (χ3n) is 5.94. The number of alkyl halides is 3. The number of halogens is 3. The first kappa shape index (κ1) is 20.4. The molecule has 6 rings (SSSR count). The van der Waals surface area contributed by atoms with E-state index in [1.54, 1.807) is 24.8 Å². The van der Waals surface area contributed by atoms with Gasteiger partial charge in [0, 0.05) is 42.8 Å². The van der Waals surface area contributed by atoms with Crippen molar-refractivity contribution in [2.24, 2.45) is 0 Å². The molecule has 9 nitrogen and oxygen atoms in total. The Bertz CT molecular complexity index is 1500. The normalized spacial score (nSPS) is 16.2. The first-order valence-corrected chi connectivity index (χ1v) is 10.5. The lowest BCUT2D eigenvalue weighted by Crippen LogP contribution is -2.36. The van der Waals surface area contributed by atoms with Crippen LogP contribution in [0.5, 0.6) is 0 Å². The van der Waals surface area contributed by atoms with Crippen molar-refractivity contribution in [3.63, 3.8) is 0 Å². The van der Waals surface area contributed by atoms with E-state index in [-0.39, 0.29) is 11.5 Å². The molecule has 0 spiro atoms. The largest absolute Gasteiger partial charge is 0.418 e. The maximum Gasteiger partial charge on any atom is 0.418 e. The van der Waals surface area contributed by atoms with Crippen molar-refractivity contribution in [2.45, 2.75) is 25.6 Å². The molecule has 34 heavy (non-hydrogen) atoms. The monoisotopic (exact) mass is 466 g/mol. The van der Waals surface area contributed by atoms with Crippen molar-refractivity contribution in [1.29, 1.82) is 0 Å². The topological polar surface area (TPSA) is 101 Å². The van der Waals surface area contributed by atoms with Crippen LogP contribution in [0, 0.1) is 6.92 Å². The number of rotatable bonds is 3. The van der Waals surface area contributed by atoms with E-state index in [2.05, 4.69) is 30.2 Å². The molecule has 172 valence electrons. The molecule has 1 atom stereocenters. The van der Waals surface area contributed by atoms with Gasteiger partial charge in [-0.3, -0.25) is 4.98 Å². The number of anilines is 1. The minimum absolute atomic E-state index is 0.0359. The summed E-state index contributed by atoms with van der Waals surface area (Å²) in [6, 6.07) is 5.22. The second-order valence-electron chi connectivity index (χ2n) is 8.01. The third-order valence-corrected chi connectivity index (χ3v) is 5.94. The molecule has 5 aromatic rings. The van der Waals surface area contributed by atoms with Crippen LogP contribution in [0.3, 0.4) is 0 Å². The Labute approximate surface area is 190 Å². The van der Waals surface area contributed by atoms with Gasteiger partial charge in [0.05, 0.1) is 28.8 Å². The fraction of sp³-hybridized carbons (Fsp3) is 0.227. The highest BCUT2D eigenvalue weighted by Crippen LogP contribution is 2.39. The van der Waals surface area contributed by atoms with Crippen molar-refractivity contribution in [3.8, 4) is 11.5 Å². The first-order valence-electron chi connectivity index (χ1n) is 10.5. The van der Waals surface area contributed by atoms with Crippen LogP contribution in [0.15, 0.2) is 53.6 Å². The Kier molecular flexibility index (Phi) is 4.44. The van der Waals surface area contributed by atoms with Crippen LogP contribution < -0.4 is 4.90 Å². The van der Waals surface area contributed by atoms with Gasteiger partial charge in [-0.05, 0) is 36.8 Å². The van der Waals surface area contributed by atoms with Gasteiger partial charge in [-0.2, -0.15) is 18.3 Å². The van der Waals surface area contributed by atoms with Gasteiger partial charge >= 0.3 is 12.2 Å². The fourth-order valence-electron chi connectivity index (χ4n) is 4.34. The Morgan fingerprint density at radius 2 is 2.09 bits per heavy atom. The maximum atomic E-state index is 13.6. The number of H-pyrrole nitrogens is 1. The zero-order chi connectivity index (χ0) is 23.4. The number of fused-ring (bicyclic) bond motifs is 2. The van der Waals surface area contributed by atoms with E-state index < -0.39 is 17.8 Å². The molecule has 1 aliphatic rings. The van der Waals surface area contributed by atoms with Gasteiger partial charge in [0.25, 0.3) is 0 Å². The Balaban J connectivity index is 1.47. The average Bonchev–Trinajstić information content (AvgIpc) is 3.56. The molecule has 1 aliphatic heterocycles. The molecule has 5 aromatic heterocycles. The zero-order valence-electron chi connectivity index (χ0n) is 17.8. The lowest BCUT2D eigenvalue weighted by atomic mass is 10.00. The summed E-state index contributed by atoms with van der Waals surface area (Å²) in [5.74, 6) is 0.329. The lowest BCUT2D eigenvalue weighted by Gasteiger charge is -2.32. The number of hydrogen-bond acceptors (Lipinski definition) is 7. The van der Waals surface area contributed by atoms with Crippen molar-refractivity contribution in [2.75, 3.05) is 11.4 Å². The second kappa shape index (κ2) is 7.40. The van der Waals surface area contributed by atoms with Crippen LogP contribution in [-0.4, -0.2) is 41.3 Å². The predicted molar refractivity (Wildman–Crippen MR) is 114 cm³/mol. The standard InChI is InChI=1S/C22H17F3N8O/c1-12-10-26-6-4-13(12)20-29-30-21(34-20)32-8-5-15-18(28-11-27-15)19(32)16-9-17-14(22(23,24)25)3-2-7-33(17)31-16/h2-4,6-7,9-11,19H,5,8H2,1H3,(H,27,28)/t19-/m1/s1. The molecule has 0 aromatic carbocycles. The molecular weight excluding hydrogens is 449 g/mol. The van der Waals surface area contributed by atoms with Gasteiger partial charge in [0.15, 0.2) is 0 Å². The van der Waals surface area contributed by atoms with Crippen LogP contribution in [0.4, 0.5) is 19.2 Å². The summed E-state index contributed by atoms with van der Waals surface area (Å²) in [5, 5.41) is 12.9. The summed E-state index contributed by atoms with van der Waals surface area (Å²) in [4.78, 5) is 13.5. The Morgan fingerprint density at radius 1 is 1.21 bits per heavy atom. The fourth-order valence-corrected chi connectivity index (χ4v) is 4.34. The number of aryl methyl sites for hydroxylation is 1. The summed E-state index contributed by atoms with van der Waals surface area (Å²) < 4.78 is 48.0. The number of nitrogens with zero attached hydrogens (tertiary/aromatic N) is 7. The van der Waals surface area contributed by atoms with E-state index in [0.29, 0.717) is 30.2 Å². The molecule has 0 bridgehead atoms. The van der Waals surface area contributed by atoms with Gasteiger partial charge in [-0.25, -0.2) is 9.50 Å². The molecule has 0 saturated carbocycles. The molecule has 0 fully saturated rings. The van der Waals surface area contributed by atoms with E-state index in [0.717, 1.165) is 22.9 Å². The van der Waals surface area contributed by atoms with Crippen molar-refractivity contribution < 1.29 is 17.6 Å².